The van der Waals surface area contributed by atoms with Crippen molar-refractivity contribution in [3.05, 3.63) is 24.3 Å². The van der Waals surface area contributed by atoms with Gasteiger partial charge in [-0.2, -0.15) is 0 Å². The number of unbranched alkanes of at least 4 members (excludes halogenated alkanes) is 39. The molecule has 0 saturated carbocycles. The van der Waals surface area contributed by atoms with Crippen LogP contribution >= 0.6 is 0 Å². The van der Waals surface area contributed by atoms with Crippen molar-refractivity contribution in [2.75, 3.05) is 13.2 Å². The molecule has 0 saturated heterocycles. The number of hydrogen-bond acceptors (Lipinski definition) is 5. The summed E-state index contributed by atoms with van der Waals surface area (Å²) in [6.45, 7) is 4.83. The fourth-order valence-corrected chi connectivity index (χ4v) is 8.63. The Morgan fingerprint density at radius 3 is 1.13 bits per heavy atom. The first kappa shape index (κ1) is 61.3. The second kappa shape index (κ2) is 53.0. The molecule has 63 heavy (non-hydrogen) atoms. The first-order valence-corrected chi connectivity index (χ1v) is 28.1. The third-order valence-electron chi connectivity index (χ3n) is 13.0. The summed E-state index contributed by atoms with van der Waals surface area (Å²) in [5, 5.41) is 23.1. The van der Waals surface area contributed by atoms with Crippen molar-refractivity contribution in [2.45, 2.75) is 315 Å². The highest BCUT2D eigenvalue weighted by Crippen LogP contribution is 2.17. The van der Waals surface area contributed by atoms with Gasteiger partial charge in [0, 0.05) is 12.8 Å². The second-order valence-electron chi connectivity index (χ2n) is 19.3. The van der Waals surface area contributed by atoms with Crippen LogP contribution in [0.4, 0.5) is 0 Å². The Kier molecular flexibility index (Phi) is 51.6. The Hall–Kier alpha value is -1.66. The average molecular weight is 889 g/mol. The van der Waals surface area contributed by atoms with E-state index in [0.717, 1.165) is 77.0 Å². The number of rotatable bonds is 52. The van der Waals surface area contributed by atoms with Gasteiger partial charge in [-0.05, 0) is 57.8 Å². The first-order chi connectivity index (χ1) is 31.0. The number of aliphatic hydroxyl groups excluding tert-OH is 2. The van der Waals surface area contributed by atoms with E-state index in [4.69, 9.17) is 4.74 Å². The van der Waals surface area contributed by atoms with Gasteiger partial charge in [0.1, 0.15) is 0 Å². The minimum absolute atomic E-state index is 0.0335. The highest BCUT2D eigenvalue weighted by atomic mass is 16.5. The topological polar surface area (TPSA) is 95.9 Å². The standard InChI is InChI=1S/C57H109NO5/c1-3-5-7-9-11-13-15-17-19-21-22-24-26-28-30-35-39-43-47-51-57(62)63-52-48-44-40-36-32-31-34-38-42-46-50-56(61)58-54(53-59)55(60)49-45-41-37-33-29-27-25-23-20-18-16-14-12-10-8-6-4-2/h32,36,45,49,54-55,59-60H,3-31,33-35,37-44,46-48,50-53H2,1-2H3,(H,58,61)/b36-32-,49-45+. The van der Waals surface area contributed by atoms with Crippen molar-refractivity contribution in [3.63, 3.8) is 0 Å². The minimum Gasteiger partial charge on any atom is -0.466 e. The van der Waals surface area contributed by atoms with Crippen LogP contribution in [-0.4, -0.2) is 47.4 Å². The van der Waals surface area contributed by atoms with Gasteiger partial charge < -0.3 is 20.3 Å². The van der Waals surface area contributed by atoms with Gasteiger partial charge in [-0.3, -0.25) is 9.59 Å². The molecule has 2 atom stereocenters. The maximum absolute atomic E-state index is 12.4. The molecule has 0 aliphatic heterocycles. The number of esters is 1. The van der Waals surface area contributed by atoms with Gasteiger partial charge in [0.25, 0.3) is 0 Å². The van der Waals surface area contributed by atoms with Gasteiger partial charge in [-0.15, -0.1) is 0 Å². The molecular weight excluding hydrogens is 779 g/mol. The first-order valence-electron chi connectivity index (χ1n) is 28.1. The van der Waals surface area contributed by atoms with E-state index in [9.17, 15) is 19.8 Å². The van der Waals surface area contributed by atoms with Gasteiger partial charge >= 0.3 is 5.97 Å². The zero-order valence-corrected chi connectivity index (χ0v) is 42.3. The largest absolute Gasteiger partial charge is 0.466 e. The Morgan fingerprint density at radius 2 is 0.746 bits per heavy atom. The predicted molar refractivity (Wildman–Crippen MR) is 273 cm³/mol. The fraction of sp³-hybridized carbons (Fsp3) is 0.895. The Labute approximate surface area is 392 Å². The third-order valence-corrected chi connectivity index (χ3v) is 13.0. The van der Waals surface area contributed by atoms with Gasteiger partial charge in [0.05, 0.1) is 25.4 Å². The van der Waals surface area contributed by atoms with Crippen LogP contribution in [0.1, 0.15) is 303 Å². The highest BCUT2D eigenvalue weighted by molar-refractivity contribution is 5.76. The molecule has 3 N–H and O–H groups in total. The summed E-state index contributed by atoms with van der Waals surface area (Å²) < 4.78 is 5.45. The Balaban J connectivity index is 3.52. The maximum Gasteiger partial charge on any atom is 0.305 e. The molecule has 6 nitrogen and oxygen atoms in total. The number of nitrogens with one attached hydrogen (secondary N) is 1. The molecule has 0 spiro atoms. The minimum atomic E-state index is -0.866. The lowest BCUT2D eigenvalue weighted by Gasteiger charge is -2.20. The number of carbonyl (C=O) groups is 2. The van der Waals surface area contributed by atoms with Gasteiger partial charge in [0.2, 0.25) is 5.91 Å². The van der Waals surface area contributed by atoms with Crippen LogP contribution in [0.15, 0.2) is 24.3 Å². The molecule has 0 aliphatic carbocycles. The molecule has 0 aromatic carbocycles. The lowest BCUT2D eigenvalue weighted by molar-refractivity contribution is -0.143. The van der Waals surface area contributed by atoms with Crippen LogP contribution in [0.2, 0.25) is 0 Å². The van der Waals surface area contributed by atoms with E-state index in [1.165, 1.54) is 199 Å². The third kappa shape index (κ3) is 49.6. The molecule has 0 bridgehead atoms. The number of hydrogen-bond donors (Lipinski definition) is 3. The van der Waals surface area contributed by atoms with E-state index < -0.39 is 12.1 Å². The van der Waals surface area contributed by atoms with Crippen molar-refractivity contribution < 1.29 is 24.5 Å². The number of amides is 1. The number of ether oxygens (including phenoxy) is 1. The van der Waals surface area contributed by atoms with Gasteiger partial charge in [0.15, 0.2) is 0 Å². The molecule has 0 fully saturated rings. The van der Waals surface area contributed by atoms with Crippen molar-refractivity contribution in [1.29, 1.82) is 0 Å². The fourth-order valence-electron chi connectivity index (χ4n) is 8.63. The van der Waals surface area contributed by atoms with Crippen molar-refractivity contribution >= 4 is 11.9 Å². The SMILES string of the molecule is CCCCCCCCCCCCCCCCC/C=C/C(O)C(CO)NC(=O)CCCCCC/C=C\CCCCOC(=O)CCCCCCCCCCCCCCCCCCCCC. The zero-order chi connectivity index (χ0) is 45.8. The van der Waals surface area contributed by atoms with E-state index in [0.29, 0.717) is 19.4 Å². The van der Waals surface area contributed by atoms with Crippen LogP contribution in [0.25, 0.3) is 0 Å². The monoisotopic (exact) mass is 888 g/mol. The molecule has 0 rings (SSSR count). The van der Waals surface area contributed by atoms with E-state index in [2.05, 4.69) is 31.3 Å². The molecule has 372 valence electrons. The summed E-state index contributed by atoms with van der Waals surface area (Å²) in [7, 11) is 0. The highest BCUT2D eigenvalue weighted by Gasteiger charge is 2.18. The molecular formula is C57H109NO5. The van der Waals surface area contributed by atoms with Crippen LogP contribution in [0.3, 0.4) is 0 Å². The van der Waals surface area contributed by atoms with Gasteiger partial charge in [-0.25, -0.2) is 0 Å². The van der Waals surface area contributed by atoms with E-state index >= 15 is 0 Å². The summed E-state index contributed by atoms with van der Waals surface area (Å²) in [5.41, 5.74) is 0. The quantitative estimate of drug-likeness (QED) is 0.0321. The summed E-state index contributed by atoms with van der Waals surface area (Å²) in [6.07, 6.45) is 63.4. The number of allylic oxidation sites excluding steroid dienone is 3. The van der Waals surface area contributed by atoms with E-state index in [1.54, 1.807) is 6.08 Å². The van der Waals surface area contributed by atoms with Crippen LogP contribution in [0, 0.1) is 0 Å². The summed E-state index contributed by atoms with van der Waals surface area (Å²) in [6, 6.07) is -0.653. The van der Waals surface area contributed by atoms with Gasteiger partial charge in [-0.1, -0.05) is 256 Å². The summed E-state index contributed by atoms with van der Waals surface area (Å²) in [4.78, 5) is 24.5. The van der Waals surface area contributed by atoms with Crippen molar-refractivity contribution in [1.82, 2.24) is 5.32 Å². The van der Waals surface area contributed by atoms with E-state index in [-0.39, 0.29) is 18.5 Å². The molecule has 0 aliphatic rings. The molecule has 0 heterocycles. The predicted octanol–water partition coefficient (Wildman–Crippen LogP) is 17.1. The maximum atomic E-state index is 12.4. The molecule has 0 radical (unpaired) electrons. The van der Waals surface area contributed by atoms with Crippen molar-refractivity contribution in [3.8, 4) is 0 Å². The zero-order valence-electron chi connectivity index (χ0n) is 42.3. The summed E-state index contributed by atoms with van der Waals surface area (Å²) in [5.74, 6) is -0.135. The lowest BCUT2D eigenvalue weighted by Crippen LogP contribution is -2.45. The number of aliphatic hydroxyl groups is 2. The number of carbonyl (C=O) groups excluding carboxylic acids is 2. The van der Waals surface area contributed by atoms with Crippen LogP contribution < -0.4 is 5.32 Å². The Bertz CT molecular complexity index is 982. The normalized spacial score (nSPS) is 12.8. The van der Waals surface area contributed by atoms with Crippen LogP contribution in [-0.2, 0) is 14.3 Å². The Morgan fingerprint density at radius 1 is 0.429 bits per heavy atom. The van der Waals surface area contributed by atoms with Crippen LogP contribution in [0.5, 0.6) is 0 Å². The molecule has 6 heteroatoms. The lowest BCUT2D eigenvalue weighted by atomic mass is 10.0. The van der Waals surface area contributed by atoms with E-state index in [1.807, 2.05) is 6.08 Å². The molecule has 2 unspecified atom stereocenters. The molecule has 0 aromatic rings. The molecule has 0 aromatic heterocycles. The second-order valence-corrected chi connectivity index (χ2v) is 19.3. The average Bonchev–Trinajstić information content (AvgIpc) is 3.28. The van der Waals surface area contributed by atoms with Crippen molar-refractivity contribution in [2.24, 2.45) is 0 Å². The summed E-state index contributed by atoms with van der Waals surface area (Å²) >= 11 is 0. The smallest absolute Gasteiger partial charge is 0.305 e. The molecule has 1 amide bonds.